The third kappa shape index (κ3) is 6.24. The second-order valence-corrected chi connectivity index (χ2v) is 9.20. The van der Waals surface area contributed by atoms with Gasteiger partial charge in [0.15, 0.2) is 11.5 Å². The van der Waals surface area contributed by atoms with Crippen LogP contribution in [0.4, 0.5) is 18.9 Å². The minimum Gasteiger partial charge on any atom is -0.493 e. The molecule has 3 aromatic carbocycles. The van der Waals surface area contributed by atoms with Crippen LogP contribution >= 0.6 is 0 Å². The number of methoxy groups -OCH3 is 2. The van der Waals surface area contributed by atoms with E-state index in [0.717, 1.165) is 16.4 Å². The molecule has 0 bridgehead atoms. The summed E-state index contributed by atoms with van der Waals surface area (Å²) in [5.41, 5.74) is -0.486. The minimum atomic E-state index is -4.52. The van der Waals surface area contributed by atoms with Gasteiger partial charge in [-0.3, -0.25) is 9.10 Å². The van der Waals surface area contributed by atoms with Crippen LogP contribution in [0.5, 0.6) is 11.5 Å². The number of nitrogens with one attached hydrogen (secondary N) is 1. The maximum atomic E-state index is 13.4. The monoisotopic (exact) mass is 508 g/mol. The summed E-state index contributed by atoms with van der Waals surface area (Å²) in [6.45, 7) is -0.834. The Morgan fingerprint density at radius 3 is 2.23 bits per heavy atom. The van der Waals surface area contributed by atoms with Gasteiger partial charge >= 0.3 is 6.18 Å². The molecule has 0 atom stereocenters. The Kier molecular flexibility index (Phi) is 7.90. The first-order valence-electron chi connectivity index (χ1n) is 10.3. The van der Waals surface area contributed by atoms with E-state index in [4.69, 9.17) is 9.47 Å². The van der Waals surface area contributed by atoms with Gasteiger partial charge in [-0.25, -0.2) is 8.42 Å². The second-order valence-electron chi connectivity index (χ2n) is 7.34. The van der Waals surface area contributed by atoms with E-state index in [0.29, 0.717) is 5.75 Å². The molecule has 35 heavy (non-hydrogen) atoms. The van der Waals surface area contributed by atoms with Crippen molar-refractivity contribution >= 4 is 21.6 Å². The van der Waals surface area contributed by atoms with Gasteiger partial charge in [0.05, 0.1) is 30.4 Å². The molecule has 1 amide bonds. The fourth-order valence-electron chi connectivity index (χ4n) is 3.26. The highest BCUT2D eigenvalue weighted by Gasteiger charge is 2.31. The van der Waals surface area contributed by atoms with Crippen molar-refractivity contribution in [3.05, 3.63) is 83.9 Å². The number of hydrogen-bond donors (Lipinski definition) is 1. The highest BCUT2D eigenvalue weighted by atomic mass is 32.2. The van der Waals surface area contributed by atoms with E-state index in [9.17, 15) is 26.4 Å². The summed E-state index contributed by atoms with van der Waals surface area (Å²) >= 11 is 0. The number of benzene rings is 3. The van der Waals surface area contributed by atoms with Crippen LogP contribution in [0.25, 0.3) is 0 Å². The maximum absolute atomic E-state index is 13.4. The lowest BCUT2D eigenvalue weighted by molar-refractivity contribution is -0.137. The fraction of sp³-hybridized carbons (Fsp3) is 0.208. The van der Waals surface area contributed by atoms with Crippen LogP contribution in [-0.2, 0) is 27.5 Å². The number of carbonyl (C=O) groups excluding carboxylic acids is 1. The van der Waals surface area contributed by atoms with Crippen molar-refractivity contribution in [1.29, 1.82) is 0 Å². The van der Waals surface area contributed by atoms with Gasteiger partial charge in [0, 0.05) is 12.6 Å². The van der Waals surface area contributed by atoms with Gasteiger partial charge in [0.2, 0.25) is 5.91 Å². The minimum absolute atomic E-state index is 0.0412. The lowest BCUT2D eigenvalue weighted by atomic mass is 10.1. The standard InChI is InChI=1S/C24H23F3N2O5S/c1-33-21-12-11-19(14-22(21)34-2)29(35(31,32)20-9-4-3-5-10-20)16-23(30)28-15-17-7-6-8-18(13-17)24(25,26)27/h3-14H,15-16H2,1-2H3,(H,28,30). The molecular weight excluding hydrogens is 485 g/mol. The predicted molar refractivity (Wildman–Crippen MR) is 124 cm³/mol. The Hall–Kier alpha value is -3.73. The molecule has 0 radical (unpaired) electrons. The molecule has 0 aliphatic rings. The van der Waals surface area contributed by atoms with Crippen LogP contribution in [-0.4, -0.2) is 35.1 Å². The lowest BCUT2D eigenvalue weighted by Gasteiger charge is -2.25. The summed E-state index contributed by atoms with van der Waals surface area (Å²) in [7, 11) is -1.36. The Bertz CT molecular complexity index is 1280. The molecule has 3 aromatic rings. The van der Waals surface area contributed by atoms with Gasteiger partial charge < -0.3 is 14.8 Å². The number of amides is 1. The van der Waals surface area contributed by atoms with E-state index >= 15 is 0 Å². The number of alkyl halides is 3. The molecular formula is C24H23F3N2O5S. The van der Waals surface area contributed by atoms with Gasteiger partial charge in [0.1, 0.15) is 6.54 Å². The third-order valence-corrected chi connectivity index (χ3v) is 6.81. The molecule has 0 fully saturated rings. The second kappa shape index (κ2) is 10.7. The first-order chi connectivity index (χ1) is 16.6. The molecule has 0 unspecified atom stereocenters. The van der Waals surface area contributed by atoms with Crippen LogP contribution in [0, 0.1) is 0 Å². The van der Waals surface area contributed by atoms with Crippen LogP contribution in [0.2, 0.25) is 0 Å². The van der Waals surface area contributed by atoms with Gasteiger partial charge in [0.25, 0.3) is 10.0 Å². The van der Waals surface area contributed by atoms with Crippen molar-refractivity contribution in [3.8, 4) is 11.5 Å². The molecule has 11 heteroatoms. The molecule has 1 N–H and O–H groups in total. The molecule has 0 aliphatic heterocycles. The quantitative estimate of drug-likeness (QED) is 0.468. The summed E-state index contributed by atoms with van der Waals surface area (Å²) in [5, 5.41) is 2.48. The van der Waals surface area contributed by atoms with Crippen LogP contribution in [0.3, 0.4) is 0 Å². The van der Waals surface area contributed by atoms with E-state index < -0.39 is 34.2 Å². The molecule has 0 aromatic heterocycles. The van der Waals surface area contributed by atoms with Gasteiger partial charge in [-0.1, -0.05) is 30.3 Å². The van der Waals surface area contributed by atoms with Gasteiger partial charge in [-0.05, 0) is 42.0 Å². The molecule has 186 valence electrons. The summed E-state index contributed by atoms with van der Waals surface area (Å²) in [4.78, 5) is 12.7. The highest BCUT2D eigenvalue weighted by molar-refractivity contribution is 7.92. The smallest absolute Gasteiger partial charge is 0.416 e. The average molecular weight is 509 g/mol. The zero-order valence-electron chi connectivity index (χ0n) is 18.9. The number of anilines is 1. The first kappa shape index (κ1) is 25.9. The predicted octanol–water partition coefficient (Wildman–Crippen LogP) is 4.23. The molecule has 0 spiro atoms. The number of nitrogens with zero attached hydrogens (tertiary/aromatic N) is 1. The van der Waals surface area contributed by atoms with Crippen molar-refractivity contribution < 1.29 is 35.9 Å². The summed E-state index contributed by atoms with van der Waals surface area (Å²) < 4.78 is 77.0. The Labute approximate surface area is 201 Å². The van der Waals surface area contributed by atoms with Crippen molar-refractivity contribution in [3.63, 3.8) is 0 Å². The lowest BCUT2D eigenvalue weighted by Crippen LogP contribution is -2.40. The van der Waals surface area contributed by atoms with Crippen LogP contribution in [0.1, 0.15) is 11.1 Å². The normalized spacial score (nSPS) is 11.6. The number of ether oxygens (including phenoxy) is 2. The van der Waals surface area contributed by atoms with E-state index in [1.807, 2.05) is 0 Å². The Balaban J connectivity index is 1.88. The van der Waals surface area contributed by atoms with E-state index in [2.05, 4.69) is 5.32 Å². The molecule has 0 saturated heterocycles. The average Bonchev–Trinajstić information content (AvgIpc) is 2.85. The third-order valence-electron chi connectivity index (χ3n) is 5.02. The molecule has 0 aliphatic carbocycles. The SMILES string of the molecule is COc1ccc(N(CC(=O)NCc2cccc(C(F)(F)F)c2)S(=O)(=O)c2ccccc2)cc1OC. The number of carbonyl (C=O) groups is 1. The molecule has 7 nitrogen and oxygen atoms in total. The van der Waals surface area contributed by atoms with Crippen molar-refractivity contribution in [1.82, 2.24) is 5.32 Å². The molecule has 0 saturated carbocycles. The summed E-state index contributed by atoms with van der Waals surface area (Å²) in [6, 6.07) is 16.4. The highest BCUT2D eigenvalue weighted by Crippen LogP contribution is 2.34. The topological polar surface area (TPSA) is 84.9 Å². The van der Waals surface area contributed by atoms with Crippen LogP contribution in [0.15, 0.2) is 77.7 Å². The van der Waals surface area contributed by atoms with E-state index in [-0.39, 0.29) is 28.4 Å². The maximum Gasteiger partial charge on any atom is 0.416 e. The van der Waals surface area contributed by atoms with Crippen molar-refractivity contribution in [2.75, 3.05) is 25.1 Å². The number of hydrogen-bond acceptors (Lipinski definition) is 5. The van der Waals surface area contributed by atoms with Crippen molar-refractivity contribution in [2.45, 2.75) is 17.6 Å². The zero-order valence-corrected chi connectivity index (χ0v) is 19.7. The van der Waals surface area contributed by atoms with Gasteiger partial charge in [-0.2, -0.15) is 13.2 Å². The number of sulfonamides is 1. The van der Waals surface area contributed by atoms with E-state index in [1.165, 1.54) is 56.7 Å². The van der Waals surface area contributed by atoms with E-state index in [1.54, 1.807) is 18.2 Å². The summed E-state index contributed by atoms with van der Waals surface area (Å²) in [5.74, 6) is -0.0957. The van der Waals surface area contributed by atoms with Crippen molar-refractivity contribution in [2.24, 2.45) is 0 Å². The van der Waals surface area contributed by atoms with Gasteiger partial charge in [-0.15, -0.1) is 0 Å². The first-order valence-corrected chi connectivity index (χ1v) is 11.7. The Morgan fingerprint density at radius 1 is 0.914 bits per heavy atom. The number of rotatable bonds is 9. The molecule has 3 rings (SSSR count). The van der Waals surface area contributed by atoms with Crippen LogP contribution < -0.4 is 19.1 Å². The fourth-order valence-corrected chi connectivity index (χ4v) is 4.69. The largest absolute Gasteiger partial charge is 0.493 e. The Morgan fingerprint density at radius 2 is 1.60 bits per heavy atom. The summed E-state index contributed by atoms with van der Waals surface area (Å²) in [6.07, 6.45) is -4.52. The zero-order chi connectivity index (χ0) is 25.6. The number of halogens is 3. The molecule has 0 heterocycles.